The van der Waals surface area contributed by atoms with E-state index >= 15 is 0 Å². The van der Waals surface area contributed by atoms with Crippen LogP contribution in [0.15, 0.2) is 12.5 Å². The van der Waals surface area contributed by atoms with Gasteiger partial charge in [0.05, 0.1) is 6.33 Å². The van der Waals surface area contributed by atoms with Crippen LogP contribution in [0.3, 0.4) is 0 Å². The van der Waals surface area contributed by atoms with E-state index in [2.05, 4.69) is 21.8 Å². The third-order valence-corrected chi connectivity index (χ3v) is 3.05. The summed E-state index contributed by atoms with van der Waals surface area (Å²) < 4.78 is 2.30. The molecule has 2 rings (SSSR count). The summed E-state index contributed by atoms with van der Waals surface area (Å²) in [5.74, 6) is 0.791. The van der Waals surface area contributed by atoms with Crippen molar-refractivity contribution in [3.8, 4) is 0 Å². The molecule has 0 unspecified atom stereocenters. The molecule has 0 radical (unpaired) electrons. The number of hydrogen-bond donors (Lipinski definition) is 1. The van der Waals surface area contributed by atoms with Gasteiger partial charge in [0, 0.05) is 30.9 Å². The standard InChI is InChI=1S/C11H19N3/c1-2-12-6-7-14-9-13-8-11(14)10-4-3-5-10/h8-10,12H,2-7H2,1H3. The average Bonchev–Trinajstić information content (AvgIpc) is 2.51. The summed E-state index contributed by atoms with van der Waals surface area (Å²) in [5, 5.41) is 3.34. The van der Waals surface area contributed by atoms with Crippen molar-refractivity contribution in [3.05, 3.63) is 18.2 Å². The Morgan fingerprint density at radius 1 is 1.57 bits per heavy atom. The van der Waals surface area contributed by atoms with Gasteiger partial charge in [0.15, 0.2) is 0 Å². The fraction of sp³-hybridized carbons (Fsp3) is 0.727. The van der Waals surface area contributed by atoms with Crippen LogP contribution >= 0.6 is 0 Å². The molecule has 1 N–H and O–H groups in total. The van der Waals surface area contributed by atoms with Crippen LogP contribution < -0.4 is 5.32 Å². The predicted octanol–water partition coefficient (Wildman–Crippen LogP) is 1.76. The first kappa shape index (κ1) is 9.71. The number of imidazole rings is 1. The summed E-state index contributed by atoms with van der Waals surface area (Å²) in [5.41, 5.74) is 1.44. The van der Waals surface area contributed by atoms with Crippen molar-refractivity contribution in [1.82, 2.24) is 14.9 Å². The van der Waals surface area contributed by atoms with Crippen LogP contribution in [0.2, 0.25) is 0 Å². The van der Waals surface area contributed by atoms with Gasteiger partial charge in [-0.1, -0.05) is 13.3 Å². The average molecular weight is 193 g/mol. The quantitative estimate of drug-likeness (QED) is 0.722. The summed E-state index contributed by atoms with van der Waals surface area (Å²) in [6.07, 6.45) is 8.10. The molecule has 0 spiro atoms. The van der Waals surface area contributed by atoms with Crippen LogP contribution in [0.5, 0.6) is 0 Å². The predicted molar refractivity (Wildman–Crippen MR) is 57.4 cm³/mol. The van der Waals surface area contributed by atoms with E-state index in [1.165, 1.54) is 25.0 Å². The minimum Gasteiger partial charge on any atom is -0.333 e. The fourth-order valence-corrected chi connectivity index (χ4v) is 1.94. The zero-order valence-electron chi connectivity index (χ0n) is 8.87. The van der Waals surface area contributed by atoms with E-state index in [1.807, 2.05) is 12.5 Å². The molecule has 0 atom stereocenters. The van der Waals surface area contributed by atoms with Gasteiger partial charge >= 0.3 is 0 Å². The van der Waals surface area contributed by atoms with Crippen molar-refractivity contribution in [1.29, 1.82) is 0 Å². The van der Waals surface area contributed by atoms with Crippen LogP contribution in [0.4, 0.5) is 0 Å². The highest BCUT2D eigenvalue weighted by Gasteiger charge is 2.22. The number of nitrogens with zero attached hydrogens (tertiary/aromatic N) is 2. The summed E-state index contributed by atoms with van der Waals surface area (Å²) in [4.78, 5) is 4.24. The van der Waals surface area contributed by atoms with Gasteiger partial charge in [0.25, 0.3) is 0 Å². The molecule has 1 fully saturated rings. The van der Waals surface area contributed by atoms with Gasteiger partial charge in [-0.3, -0.25) is 0 Å². The Morgan fingerprint density at radius 2 is 2.43 bits per heavy atom. The highest BCUT2D eigenvalue weighted by molar-refractivity contribution is 5.09. The molecule has 1 heterocycles. The number of aromatic nitrogens is 2. The first-order chi connectivity index (χ1) is 6.92. The molecule has 1 aromatic rings. The van der Waals surface area contributed by atoms with Crippen LogP contribution in [0.25, 0.3) is 0 Å². The van der Waals surface area contributed by atoms with E-state index in [0.29, 0.717) is 0 Å². The van der Waals surface area contributed by atoms with E-state index < -0.39 is 0 Å². The van der Waals surface area contributed by atoms with Crippen LogP contribution in [0.1, 0.15) is 37.8 Å². The van der Waals surface area contributed by atoms with Gasteiger partial charge in [-0.15, -0.1) is 0 Å². The lowest BCUT2D eigenvalue weighted by Crippen LogP contribution is -2.21. The number of hydrogen-bond acceptors (Lipinski definition) is 2. The molecule has 78 valence electrons. The normalized spacial score (nSPS) is 16.9. The molecule has 1 aliphatic rings. The van der Waals surface area contributed by atoms with Crippen molar-refractivity contribution in [2.24, 2.45) is 0 Å². The molecule has 14 heavy (non-hydrogen) atoms. The van der Waals surface area contributed by atoms with Crippen LogP contribution in [-0.2, 0) is 6.54 Å². The number of nitrogens with one attached hydrogen (secondary N) is 1. The molecule has 3 heteroatoms. The van der Waals surface area contributed by atoms with Gasteiger partial charge in [-0.25, -0.2) is 4.98 Å². The summed E-state index contributed by atoms with van der Waals surface area (Å²) in [6.45, 7) is 5.29. The minimum atomic E-state index is 0.791. The lowest BCUT2D eigenvalue weighted by molar-refractivity contribution is 0.395. The monoisotopic (exact) mass is 193 g/mol. The summed E-state index contributed by atoms with van der Waals surface area (Å²) in [7, 11) is 0. The van der Waals surface area contributed by atoms with E-state index in [9.17, 15) is 0 Å². The smallest absolute Gasteiger partial charge is 0.0948 e. The molecule has 0 bridgehead atoms. The molecule has 0 aliphatic heterocycles. The third-order valence-electron chi connectivity index (χ3n) is 3.05. The highest BCUT2D eigenvalue weighted by Crippen LogP contribution is 2.35. The van der Waals surface area contributed by atoms with Gasteiger partial charge in [0.1, 0.15) is 0 Å². The van der Waals surface area contributed by atoms with Crippen molar-refractivity contribution in [2.75, 3.05) is 13.1 Å². The molecule has 0 saturated heterocycles. The van der Waals surface area contributed by atoms with Gasteiger partial charge in [-0.2, -0.15) is 0 Å². The second kappa shape index (κ2) is 4.60. The van der Waals surface area contributed by atoms with Crippen molar-refractivity contribution >= 4 is 0 Å². The summed E-state index contributed by atoms with van der Waals surface area (Å²) >= 11 is 0. The van der Waals surface area contributed by atoms with Crippen molar-refractivity contribution in [2.45, 2.75) is 38.6 Å². The van der Waals surface area contributed by atoms with E-state index in [0.717, 1.165) is 25.6 Å². The zero-order valence-corrected chi connectivity index (χ0v) is 8.87. The summed E-state index contributed by atoms with van der Waals surface area (Å²) in [6, 6.07) is 0. The number of rotatable bonds is 5. The maximum atomic E-state index is 4.24. The maximum Gasteiger partial charge on any atom is 0.0948 e. The first-order valence-corrected chi connectivity index (χ1v) is 5.62. The Hall–Kier alpha value is -0.830. The van der Waals surface area contributed by atoms with Crippen LogP contribution in [0, 0.1) is 0 Å². The van der Waals surface area contributed by atoms with Crippen molar-refractivity contribution < 1.29 is 0 Å². The minimum absolute atomic E-state index is 0.791. The van der Waals surface area contributed by atoms with Gasteiger partial charge in [0.2, 0.25) is 0 Å². The first-order valence-electron chi connectivity index (χ1n) is 5.62. The van der Waals surface area contributed by atoms with E-state index in [-0.39, 0.29) is 0 Å². The Balaban J connectivity index is 1.91. The maximum absolute atomic E-state index is 4.24. The number of likely N-dealkylation sites (N-methyl/N-ethyl adjacent to an activating group) is 1. The molecule has 1 aromatic heterocycles. The Morgan fingerprint density at radius 3 is 3.07 bits per heavy atom. The lowest BCUT2D eigenvalue weighted by Gasteiger charge is -2.26. The third kappa shape index (κ3) is 1.98. The lowest BCUT2D eigenvalue weighted by atomic mass is 9.83. The molecular formula is C11H19N3. The Kier molecular flexibility index (Phi) is 3.19. The molecule has 1 saturated carbocycles. The molecular weight excluding hydrogens is 174 g/mol. The topological polar surface area (TPSA) is 29.9 Å². The van der Waals surface area contributed by atoms with Gasteiger partial charge in [-0.05, 0) is 19.4 Å². The molecule has 0 aromatic carbocycles. The second-order valence-electron chi connectivity index (χ2n) is 3.99. The Labute approximate surface area is 85.5 Å². The second-order valence-corrected chi connectivity index (χ2v) is 3.99. The Bertz CT molecular complexity index is 276. The van der Waals surface area contributed by atoms with Gasteiger partial charge < -0.3 is 9.88 Å². The highest BCUT2D eigenvalue weighted by atomic mass is 15.1. The SMILES string of the molecule is CCNCCn1cncc1C1CCC1. The van der Waals surface area contributed by atoms with Crippen LogP contribution in [-0.4, -0.2) is 22.6 Å². The largest absolute Gasteiger partial charge is 0.333 e. The van der Waals surface area contributed by atoms with Crippen molar-refractivity contribution in [3.63, 3.8) is 0 Å². The van der Waals surface area contributed by atoms with E-state index in [1.54, 1.807) is 0 Å². The molecule has 0 amide bonds. The molecule has 3 nitrogen and oxygen atoms in total. The molecule has 1 aliphatic carbocycles. The van der Waals surface area contributed by atoms with E-state index in [4.69, 9.17) is 0 Å². The zero-order chi connectivity index (χ0) is 9.80. The fourth-order valence-electron chi connectivity index (χ4n) is 1.94.